The molecule has 0 fully saturated rings. The molecule has 0 saturated heterocycles. The number of phenolic OH excluding ortho intramolecular Hbond substituents is 1. The third-order valence-corrected chi connectivity index (χ3v) is 0.756. The fraction of sp³-hybridized carbons (Fsp3) is 0.250. The zero-order valence-corrected chi connectivity index (χ0v) is 7.34. The van der Waals surface area contributed by atoms with Gasteiger partial charge in [0.2, 0.25) is 0 Å². The summed E-state index contributed by atoms with van der Waals surface area (Å²) in [7, 11) is 0. The van der Waals surface area contributed by atoms with E-state index in [9.17, 15) is 0 Å². The lowest BCUT2D eigenvalue weighted by Gasteiger charge is -1.82. The summed E-state index contributed by atoms with van der Waals surface area (Å²) in [6, 6.07) is 8.71. The highest BCUT2D eigenvalue weighted by Crippen LogP contribution is 2.02. The Morgan fingerprint density at radius 1 is 1.27 bits per heavy atom. The lowest BCUT2D eigenvalue weighted by molar-refractivity contribution is 0.475. The monoisotopic (exact) mass is 175 g/mol. The lowest BCUT2D eigenvalue weighted by atomic mass is 10.3. The summed E-state index contributed by atoms with van der Waals surface area (Å²) < 4.78 is 0. The van der Waals surface area contributed by atoms with Gasteiger partial charge in [-0.2, -0.15) is 0 Å². The fourth-order valence-corrected chi connectivity index (χ4v) is 0.428. The van der Waals surface area contributed by atoms with Crippen molar-refractivity contribution in [2.24, 2.45) is 5.73 Å². The van der Waals surface area contributed by atoms with Crippen LogP contribution in [0, 0.1) is 0 Å². The van der Waals surface area contributed by atoms with Crippen LogP contribution in [0.25, 0.3) is 0 Å². The van der Waals surface area contributed by atoms with Gasteiger partial charge in [0.1, 0.15) is 5.75 Å². The van der Waals surface area contributed by atoms with Crippen LogP contribution in [-0.4, -0.2) is 11.7 Å². The molecule has 64 valence electrons. The molecule has 0 unspecified atom stereocenters. The standard InChI is InChI=1S/C6H6O.C2H7N.ClH/c7-6-4-2-1-3-5-6;1-2-3;/h1-5,7H;2-3H2,1H3;1H. The quantitative estimate of drug-likeness (QED) is 0.632. The van der Waals surface area contributed by atoms with Gasteiger partial charge in [-0.25, -0.2) is 0 Å². The van der Waals surface area contributed by atoms with E-state index in [0.717, 1.165) is 6.54 Å². The van der Waals surface area contributed by atoms with Gasteiger partial charge >= 0.3 is 0 Å². The molecule has 0 heterocycles. The predicted octanol–water partition coefficient (Wildman–Crippen LogP) is 1.78. The number of para-hydroxylation sites is 1. The molecule has 2 nitrogen and oxygen atoms in total. The van der Waals surface area contributed by atoms with Crippen molar-refractivity contribution >= 4 is 12.4 Å². The third kappa shape index (κ3) is 9.27. The number of benzene rings is 1. The second-order valence-electron chi connectivity index (χ2n) is 1.74. The van der Waals surface area contributed by atoms with Crippen molar-refractivity contribution in [3.8, 4) is 5.75 Å². The van der Waals surface area contributed by atoms with Gasteiger partial charge in [-0.05, 0) is 18.7 Å². The first-order valence-corrected chi connectivity index (χ1v) is 3.25. The second-order valence-corrected chi connectivity index (χ2v) is 1.74. The van der Waals surface area contributed by atoms with E-state index < -0.39 is 0 Å². The minimum absolute atomic E-state index is 0. The molecule has 0 saturated carbocycles. The van der Waals surface area contributed by atoms with Gasteiger partial charge in [0.15, 0.2) is 0 Å². The van der Waals surface area contributed by atoms with Crippen LogP contribution in [0.5, 0.6) is 5.75 Å². The van der Waals surface area contributed by atoms with Crippen LogP contribution < -0.4 is 5.73 Å². The lowest BCUT2D eigenvalue weighted by Crippen LogP contribution is -1.87. The van der Waals surface area contributed by atoms with Crippen LogP contribution in [-0.2, 0) is 0 Å². The van der Waals surface area contributed by atoms with Gasteiger partial charge < -0.3 is 10.8 Å². The Morgan fingerprint density at radius 2 is 1.64 bits per heavy atom. The van der Waals surface area contributed by atoms with E-state index in [2.05, 4.69) is 0 Å². The molecule has 0 aliphatic rings. The van der Waals surface area contributed by atoms with Crippen molar-refractivity contribution in [1.82, 2.24) is 0 Å². The van der Waals surface area contributed by atoms with Crippen molar-refractivity contribution < 1.29 is 5.11 Å². The van der Waals surface area contributed by atoms with E-state index in [4.69, 9.17) is 10.8 Å². The fourth-order valence-electron chi connectivity index (χ4n) is 0.428. The Kier molecular flexibility index (Phi) is 10.9. The van der Waals surface area contributed by atoms with Crippen molar-refractivity contribution in [3.05, 3.63) is 30.3 Å². The zero-order chi connectivity index (χ0) is 7.82. The Bertz CT molecular complexity index is 155. The zero-order valence-electron chi connectivity index (χ0n) is 6.53. The molecule has 0 bridgehead atoms. The molecular weight excluding hydrogens is 162 g/mol. The molecule has 3 N–H and O–H groups in total. The number of phenols is 1. The van der Waals surface area contributed by atoms with Crippen molar-refractivity contribution in [3.63, 3.8) is 0 Å². The van der Waals surface area contributed by atoms with Crippen LogP contribution >= 0.6 is 12.4 Å². The van der Waals surface area contributed by atoms with Gasteiger partial charge in [-0.1, -0.05) is 25.1 Å². The molecule has 1 aromatic rings. The molecule has 0 spiro atoms. The van der Waals surface area contributed by atoms with Crippen LogP contribution in [0.1, 0.15) is 6.92 Å². The molecule has 1 aromatic carbocycles. The summed E-state index contributed by atoms with van der Waals surface area (Å²) in [4.78, 5) is 0. The van der Waals surface area contributed by atoms with E-state index in [1.54, 1.807) is 24.3 Å². The molecule has 0 aromatic heterocycles. The molecule has 0 atom stereocenters. The molecule has 0 radical (unpaired) electrons. The summed E-state index contributed by atoms with van der Waals surface area (Å²) in [5.74, 6) is 0.322. The van der Waals surface area contributed by atoms with Gasteiger partial charge in [0.05, 0.1) is 0 Å². The number of hydrogen-bond acceptors (Lipinski definition) is 2. The number of rotatable bonds is 0. The van der Waals surface area contributed by atoms with Gasteiger partial charge in [-0.3, -0.25) is 0 Å². The highest BCUT2D eigenvalue weighted by atomic mass is 35.5. The van der Waals surface area contributed by atoms with Crippen LogP contribution in [0.4, 0.5) is 0 Å². The maximum atomic E-state index is 8.63. The normalized spacial score (nSPS) is 7.09. The number of nitrogens with two attached hydrogens (primary N) is 1. The topological polar surface area (TPSA) is 46.2 Å². The number of halogens is 1. The largest absolute Gasteiger partial charge is 0.508 e. The molecule has 0 aliphatic carbocycles. The summed E-state index contributed by atoms with van der Waals surface area (Å²) in [5, 5.41) is 8.63. The molecule has 11 heavy (non-hydrogen) atoms. The first-order valence-electron chi connectivity index (χ1n) is 3.25. The maximum absolute atomic E-state index is 8.63. The summed E-state index contributed by atoms with van der Waals surface area (Å²) in [6.07, 6.45) is 0. The van der Waals surface area contributed by atoms with Crippen molar-refractivity contribution in [1.29, 1.82) is 0 Å². The Balaban J connectivity index is 0. The van der Waals surface area contributed by atoms with Gasteiger partial charge in [-0.15, -0.1) is 12.4 Å². The van der Waals surface area contributed by atoms with E-state index in [-0.39, 0.29) is 12.4 Å². The maximum Gasteiger partial charge on any atom is 0.115 e. The van der Waals surface area contributed by atoms with Crippen molar-refractivity contribution in [2.75, 3.05) is 6.54 Å². The SMILES string of the molecule is CCN.Cl.Oc1ccccc1. The van der Waals surface area contributed by atoms with E-state index in [0.29, 0.717) is 5.75 Å². The Labute approximate surface area is 73.5 Å². The predicted molar refractivity (Wildman–Crippen MR) is 50.1 cm³/mol. The Morgan fingerprint density at radius 3 is 1.82 bits per heavy atom. The summed E-state index contributed by atoms with van der Waals surface area (Å²) >= 11 is 0. The molecule has 1 rings (SSSR count). The van der Waals surface area contributed by atoms with Gasteiger partial charge in [0.25, 0.3) is 0 Å². The first kappa shape index (κ1) is 12.9. The van der Waals surface area contributed by atoms with Crippen LogP contribution in [0.3, 0.4) is 0 Å². The van der Waals surface area contributed by atoms with Crippen LogP contribution in [0.15, 0.2) is 30.3 Å². The molecule has 0 aliphatic heterocycles. The van der Waals surface area contributed by atoms with E-state index in [1.165, 1.54) is 0 Å². The number of hydrogen-bond donors (Lipinski definition) is 2. The third-order valence-electron chi connectivity index (χ3n) is 0.756. The average molecular weight is 176 g/mol. The second kappa shape index (κ2) is 9.27. The highest BCUT2D eigenvalue weighted by molar-refractivity contribution is 5.85. The summed E-state index contributed by atoms with van der Waals surface area (Å²) in [6.45, 7) is 2.65. The number of aromatic hydroxyl groups is 1. The van der Waals surface area contributed by atoms with Crippen LogP contribution in [0.2, 0.25) is 0 Å². The summed E-state index contributed by atoms with van der Waals surface area (Å²) in [5.41, 5.74) is 4.85. The minimum atomic E-state index is 0. The molecular formula is C8H14ClNO. The minimum Gasteiger partial charge on any atom is -0.508 e. The van der Waals surface area contributed by atoms with E-state index >= 15 is 0 Å². The Hall–Kier alpha value is -0.730. The smallest absolute Gasteiger partial charge is 0.115 e. The van der Waals surface area contributed by atoms with E-state index in [1.807, 2.05) is 13.0 Å². The molecule has 3 heteroatoms. The highest BCUT2D eigenvalue weighted by Gasteiger charge is 1.74. The molecule has 0 amide bonds. The average Bonchev–Trinajstić information content (AvgIpc) is 1.91. The van der Waals surface area contributed by atoms with Gasteiger partial charge in [0, 0.05) is 0 Å². The van der Waals surface area contributed by atoms with Crippen molar-refractivity contribution in [2.45, 2.75) is 6.92 Å². The first-order chi connectivity index (χ1) is 4.81.